The summed E-state index contributed by atoms with van der Waals surface area (Å²) < 4.78 is 21.0. The van der Waals surface area contributed by atoms with E-state index in [1.54, 1.807) is 13.0 Å². The fraction of sp³-hybridized carbons (Fsp3) is 0.167. The van der Waals surface area contributed by atoms with Crippen molar-refractivity contribution in [1.82, 2.24) is 4.98 Å². The molecule has 0 amide bonds. The first-order valence-corrected chi connectivity index (χ1v) is 4.28. The first-order chi connectivity index (χ1) is 5.13. The number of hydrogen-bond acceptors (Lipinski definition) is 3. The molecular formula is C6H5ClLiNO2S. The van der Waals surface area contributed by atoms with Gasteiger partial charge in [0.2, 0.25) is 0 Å². The van der Waals surface area contributed by atoms with Crippen molar-refractivity contribution < 1.29 is 27.6 Å². The molecule has 12 heavy (non-hydrogen) atoms. The van der Waals surface area contributed by atoms with Gasteiger partial charge in [-0.3, -0.25) is 4.21 Å². The molecule has 6 heteroatoms. The van der Waals surface area contributed by atoms with Crippen LogP contribution < -0.4 is 18.9 Å². The van der Waals surface area contributed by atoms with Crippen LogP contribution in [0.3, 0.4) is 0 Å². The van der Waals surface area contributed by atoms with E-state index in [1.165, 1.54) is 6.20 Å². The second-order valence-electron chi connectivity index (χ2n) is 1.98. The zero-order chi connectivity index (χ0) is 8.43. The minimum absolute atomic E-state index is 0. The van der Waals surface area contributed by atoms with Crippen LogP contribution in [-0.2, 0) is 11.1 Å². The van der Waals surface area contributed by atoms with Crippen LogP contribution >= 0.6 is 11.6 Å². The van der Waals surface area contributed by atoms with Crippen molar-refractivity contribution in [3.63, 3.8) is 0 Å². The van der Waals surface area contributed by atoms with Crippen LogP contribution in [0.25, 0.3) is 0 Å². The van der Waals surface area contributed by atoms with E-state index in [4.69, 9.17) is 11.6 Å². The molecule has 1 unspecified atom stereocenters. The number of aromatic nitrogens is 1. The molecule has 0 aliphatic rings. The number of pyridine rings is 1. The van der Waals surface area contributed by atoms with Gasteiger partial charge < -0.3 is 4.55 Å². The van der Waals surface area contributed by atoms with E-state index < -0.39 is 11.1 Å². The average Bonchev–Trinajstić information content (AvgIpc) is 1.85. The monoisotopic (exact) mass is 197 g/mol. The molecule has 0 saturated heterocycles. The van der Waals surface area contributed by atoms with Gasteiger partial charge in [-0.1, -0.05) is 11.6 Å². The summed E-state index contributed by atoms with van der Waals surface area (Å²) in [5.41, 5.74) is 0.610. The molecule has 1 rings (SSSR count). The Morgan fingerprint density at radius 3 is 2.58 bits per heavy atom. The topological polar surface area (TPSA) is 53.0 Å². The van der Waals surface area contributed by atoms with Crippen LogP contribution in [0.4, 0.5) is 0 Å². The summed E-state index contributed by atoms with van der Waals surface area (Å²) in [6.45, 7) is 1.67. The van der Waals surface area contributed by atoms with E-state index in [1.807, 2.05) is 0 Å². The van der Waals surface area contributed by atoms with Gasteiger partial charge in [-0.25, -0.2) is 4.98 Å². The van der Waals surface area contributed by atoms with Gasteiger partial charge >= 0.3 is 18.9 Å². The second-order valence-corrected chi connectivity index (χ2v) is 3.22. The molecule has 1 aromatic rings. The third kappa shape index (κ3) is 2.58. The van der Waals surface area contributed by atoms with Crippen LogP contribution in [0.2, 0.25) is 5.15 Å². The van der Waals surface area contributed by atoms with Crippen LogP contribution in [0, 0.1) is 6.92 Å². The Bertz CT molecular complexity index is 287. The van der Waals surface area contributed by atoms with Gasteiger partial charge in [0, 0.05) is 6.20 Å². The van der Waals surface area contributed by atoms with E-state index in [0.29, 0.717) is 5.56 Å². The van der Waals surface area contributed by atoms with E-state index in [9.17, 15) is 8.76 Å². The molecule has 0 N–H and O–H groups in total. The summed E-state index contributed by atoms with van der Waals surface area (Å²) in [7, 11) is 0. The van der Waals surface area contributed by atoms with E-state index in [2.05, 4.69) is 4.98 Å². The maximum absolute atomic E-state index is 10.5. The Labute approximate surface area is 90.0 Å². The minimum atomic E-state index is -2.30. The van der Waals surface area contributed by atoms with Gasteiger partial charge in [0.15, 0.2) is 0 Å². The molecule has 1 atom stereocenters. The van der Waals surface area contributed by atoms with Crippen molar-refractivity contribution in [1.29, 1.82) is 0 Å². The summed E-state index contributed by atoms with van der Waals surface area (Å²) in [6.07, 6.45) is 1.47. The maximum atomic E-state index is 10.5. The molecule has 60 valence electrons. The number of rotatable bonds is 1. The van der Waals surface area contributed by atoms with Crippen molar-refractivity contribution in [3.05, 3.63) is 23.0 Å². The smallest absolute Gasteiger partial charge is 0.768 e. The van der Waals surface area contributed by atoms with Gasteiger partial charge in [-0.05, 0) is 29.6 Å². The molecular weight excluding hydrogens is 193 g/mol. The first kappa shape index (κ1) is 12.1. The average molecular weight is 198 g/mol. The predicted molar refractivity (Wildman–Crippen MR) is 41.2 cm³/mol. The Balaban J connectivity index is 0.00000121. The van der Waals surface area contributed by atoms with Crippen molar-refractivity contribution >= 4 is 22.7 Å². The third-order valence-electron chi connectivity index (χ3n) is 1.22. The fourth-order valence-corrected chi connectivity index (χ4v) is 1.63. The van der Waals surface area contributed by atoms with Crippen LogP contribution in [0.5, 0.6) is 0 Å². The second kappa shape index (κ2) is 5.00. The quantitative estimate of drug-likeness (QED) is 0.306. The van der Waals surface area contributed by atoms with Crippen LogP contribution in [-0.4, -0.2) is 13.7 Å². The largest absolute Gasteiger partial charge is 1.00 e. The Kier molecular flexibility index (Phi) is 5.06. The van der Waals surface area contributed by atoms with Gasteiger partial charge in [0.1, 0.15) is 5.15 Å². The van der Waals surface area contributed by atoms with Crippen LogP contribution in [0.15, 0.2) is 17.2 Å². The van der Waals surface area contributed by atoms with Crippen molar-refractivity contribution in [2.75, 3.05) is 0 Å². The first-order valence-electron chi connectivity index (χ1n) is 2.83. The number of nitrogens with zero attached hydrogens (tertiary/aromatic N) is 1. The van der Waals surface area contributed by atoms with E-state index >= 15 is 0 Å². The van der Waals surface area contributed by atoms with E-state index in [0.717, 1.165) is 0 Å². The molecule has 0 saturated carbocycles. The standard InChI is InChI=1S/C6H6ClNO2S.Li/c1-4-2-3-8-6(7)5(4)11(9)10;/h2-3H,1H3,(H,9,10);/q;+1/p-1. The predicted octanol–water partition coefficient (Wildman–Crippen LogP) is -1.71. The van der Waals surface area contributed by atoms with Gasteiger partial charge in [0.05, 0.1) is 4.90 Å². The zero-order valence-corrected chi connectivity index (χ0v) is 8.28. The Morgan fingerprint density at radius 1 is 1.67 bits per heavy atom. The molecule has 1 aromatic heterocycles. The third-order valence-corrected chi connectivity index (χ3v) is 2.47. The zero-order valence-electron chi connectivity index (χ0n) is 6.70. The number of halogens is 1. The molecule has 0 bridgehead atoms. The van der Waals surface area contributed by atoms with Gasteiger partial charge in [-0.15, -0.1) is 0 Å². The molecule has 1 heterocycles. The normalized spacial score (nSPS) is 11.9. The SMILES string of the molecule is Cc1ccnc(Cl)c1S(=O)[O-].[Li+]. The minimum Gasteiger partial charge on any atom is -0.768 e. The Hall–Kier alpha value is 0.147. The summed E-state index contributed by atoms with van der Waals surface area (Å²) in [6, 6.07) is 1.59. The van der Waals surface area contributed by atoms with Gasteiger partial charge in [-0.2, -0.15) is 0 Å². The number of hydrogen-bond donors (Lipinski definition) is 0. The number of aryl methyl sites for hydroxylation is 1. The molecule has 3 nitrogen and oxygen atoms in total. The molecule has 0 fully saturated rings. The van der Waals surface area contributed by atoms with Crippen molar-refractivity contribution in [2.45, 2.75) is 11.8 Å². The van der Waals surface area contributed by atoms with Crippen molar-refractivity contribution in [2.24, 2.45) is 0 Å². The molecule has 0 spiro atoms. The van der Waals surface area contributed by atoms with Crippen molar-refractivity contribution in [3.8, 4) is 0 Å². The molecule has 0 radical (unpaired) electrons. The molecule has 0 aliphatic carbocycles. The van der Waals surface area contributed by atoms with Crippen LogP contribution in [0.1, 0.15) is 5.56 Å². The summed E-state index contributed by atoms with van der Waals surface area (Å²) >= 11 is 3.22. The maximum Gasteiger partial charge on any atom is 1.00 e. The summed E-state index contributed by atoms with van der Waals surface area (Å²) in [4.78, 5) is 3.71. The summed E-state index contributed by atoms with van der Waals surface area (Å²) in [5.74, 6) is 0. The Morgan fingerprint density at radius 2 is 2.25 bits per heavy atom. The summed E-state index contributed by atoms with van der Waals surface area (Å²) in [5, 5.41) is 0.0262. The molecule has 0 aromatic carbocycles. The van der Waals surface area contributed by atoms with Gasteiger partial charge in [0.25, 0.3) is 0 Å². The molecule has 0 aliphatic heterocycles. The fourth-order valence-electron chi connectivity index (χ4n) is 0.712. The van der Waals surface area contributed by atoms with E-state index in [-0.39, 0.29) is 28.9 Å².